The van der Waals surface area contributed by atoms with E-state index in [0.29, 0.717) is 4.88 Å². The molecular formula is C16H17N5OS. The number of carbonyl (C=O) groups is 1. The van der Waals surface area contributed by atoms with Crippen LogP contribution in [0.3, 0.4) is 0 Å². The molecule has 118 valence electrons. The van der Waals surface area contributed by atoms with Crippen LogP contribution in [0.5, 0.6) is 0 Å². The number of amides is 1. The molecule has 0 N–H and O–H groups in total. The average molecular weight is 327 g/mol. The molecule has 23 heavy (non-hydrogen) atoms. The number of nitrogens with zero attached hydrogens (tertiary/aromatic N) is 5. The highest BCUT2D eigenvalue weighted by Crippen LogP contribution is 2.34. The molecule has 6 nitrogen and oxygen atoms in total. The molecule has 1 amide bonds. The Morgan fingerprint density at radius 1 is 1.39 bits per heavy atom. The molecule has 0 aliphatic carbocycles. The SMILES string of the molecule is CCn1c(C2CCCN2C(=O)c2cnns2)nc2ccccc21. The summed E-state index contributed by atoms with van der Waals surface area (Å²) in [5.41, 5.74) is 2.12. The fraction of sp³-hybridized carbons (Fsp3) is 0.375. The van der Waals surface area contributed by atoms with E-state index in [0.717, 1.165) is 54.3 Å². The summed E-state index contributed by atoms with van der Waals surface area (Å²) in [4.78, 5) is 20.1. The van der Waals surface area contributed by atoms with Crippen molar-refractivity contribution in [2.24, 2.45) is 0 Å². The number of para-hydroxylation sites is 2. The van der Waals surface area contributed by atoms with Gasteiger partial charge in [0, 0.05) is 13.1 Å². The second-order valence-corrected chi connectivity index (χ2v) is 6.43. The molecule has 3 aromatic rings. The first-order chi connectivity index (χ1) is 11.3. The van der Waals surface area contributed by atoms with Gasteiger partial charge in [-0.15, -0.1) is 5.10 Å². The summed E-state index contributed by atoms with van der Waals surface area (Å²) in [6, 6.07) is 8.17. The largest absolute Gasteiger partial charge is 0.328 e. The second kappa shape index (κ2) is 5.73. The van der Waals surface area contributed by atoms with Crippen molar-refractivity contribution in [2.75, 3.05) is 6.54 Å². The van der Waals surface area contributed by atoms with E-state index in [-0.39, 0.29) is 11.9 Å². The minimum atomic E-state index is 0.0113. The Balaban J connectivity index is 1.76. The van der Waals surface area contributed by atoms with Crippen molar-refractivity contribution < 1.29 is 4.79 Å². The number of benzene rings is 1. The van der Waals surface area contributed by atoms with Gasteiger partial charge in [-0.2, -0.15) is 0 Å². The van der Waals surface area contributed by atoms with Gasteiger partial charge >= 0.3 is 0 Å². The zero-order valence-electron chi connectivity index (χ0n) is 12.8. The van der Waals surface area contributed by atoms with Crippen LogP contribution in [0.4, 0.5) is 0 Å². The fourth-order valence-electron chi connectivity index (χ4n) is 3.36. The highest BCUT2D eigenvalue weighted by molar-refractivity contribution is 7.07. The van der Waals surface area contributed by atoms with Gasteiger partial charge in [0.15, 0.2) is 0 Å². The normalized spacial score (nSPS) is 18.0. The van der Waals surface area contributed by atoms with Gasteiger partial charge in [-0.25, -0.2) is 4.98 Å². The molecular weight excluding hydrogens is 310 g/mol. The van der Waals surface area contributed by atoms with Crippen LogP contribution >= 0.6 is 11.5 Å². The zero-order chi connectivity index (χ0) is 15.8. The highest BCUT2D eigenvalue weighted by Gasteiger charge is 2.34. The van der Waals surface area contributed by atoms with E-state index >= 15 is 0 Å². The lowest BCUT2D eigenvalue weighted by molar-refractivity contribution is 0.0732. The van der Waals surface area contributed by atoms with Crippen LogP contribution in [-0.2, 0) is 6.54 Å². The van der Waals surface area contributed by atoms with E-state index in [4.69, 9.17) is 4.98 Å². The summed E-state index contributed by atoms with van der Waals surface area (Å²) in [5, 5.41) is 3.78. The number of aryl methyl sites for hydroxylation is 1. The van der Waals surface area contributed by atoms with Crippen molar-refractivity contribution in [1.82, 2.24) is 24.0 Å². The Kier molecular flexibility index (Phi) is 3.57. The molecule has 1 unspecified atom stereocenters. The van der Waals surface area contributed by atoms with Crippen LogP contribution in [-0.4, -0.2) is 36.5 Å². The van der Waals surface area contributed by atoms with Crippen molar-refractivity contribution in [3.63, 3.8) is 0 Å². The van der Waals surface area contributed by atoms with E-state index < -0.39 is 0 Å². The maximum absolute atomic E-state index is 12.7. The maximum atomic E-state index is 12.7. The Morgan fingerprint density at radius 3 is 3.04 bits per heavy atom. The molecule has 1 atom stereocenters. The molecule has 0 spiro atoms. The van der Waals surface area contributed by atoms with Crippen molar-refractivity contribution >= 4 is 28.5 Å². The topological polar surface area (TPSA) is 63.9 Å². The Morgan fingerprint density at radius 2 is 2.26 bits per heavy atom. The summed E-state index contributed by atoms with van der Waals surface area (Å²) in [6.07, 6.45) is 3.49. The standard InChI is InChI=1S/C16H17N5OS/c1-2-20-12-7-4-3-6-11(12)18-15(20)13-8-5-9-21(13)16(22)14-10-17-19-23-14/h3-4,6-7,10,13H,2,5,8-9H2,1H3. The van der Waals surface area contributed by atoms with Gasteiger partial charge in [-0.1, -0.05) is 16.6 Å². The molecule has 4 rings (SSSR count). The fourth-order valence-corrected chi connectivity index (χ4v) is 3.83. The van der Waals surface area contributed by atoms with Crippen molar-refractivity contribution in [1.29, 1.82) is 0 Å². The van der Waals surface area contributed by atoms with Gasteiger partial charge in [0.05, 0.1) is 23.3 Å². The van der Waals surface area contributed by atoms with E-state index in [1.165, 1.54) is 0 Å². The summed E-state index contributed by atoms with van der Waals surface area (Å²) >= 11 is 1.15. The monoisotopic (exact) mass is 327 g/mol. The Hall–Kier alpha value is -2.28. The smallest absolute Gasteiger partial charge is 0.267 e. The third-order valence-electron chi connectivity index (χ3n) is 4.38. The number of fused-ring (bicyclic) bond motifs is 1. The number of likely N-dealkylation sites (tertiary alicyclic amines) is 1. The van der Waals surface area contributed by atoms with Crippen LogP contribution in [0.1, 0.15) is 41.3 Å². The van der Waals surface area contributed by atoms with Crippen LogP contribution in [0.2, 0.25) is 0 Å². The number of rotatable bonds is 3. The van der Waals surface area contributed by atoms with E-state index in [1.54, 1.807) is 6.20 Å². The van der Waals surface area contributed by atoms with Crippen LogP contribution in [0.15, 0.2) is 30.5 Å². The number of imidazole rings is 1. The number of hydrogen-bond donors (Lipinski definition) is 0. The maximum Gasteiger partial charge on any atom is 0.267 e. The van der Waals surface area contributed by atoms with Crippen molar-refractivity contribution in [2.45, 2.75) is 32.4 Å². The second-order valence-electron chi connectivity index (χ2n) is 5.64. The minimum absolute atomic E-state index is 0.0113. The summed E-state index contributed by atoms with van der Waals surface area (Å²) < 4.78 is 6.02. The van der Waals surface area contributed by atoms with Crippen LogP contribution in [0, 0.1) is 0 Å². The van der Waals surface area contributed by atoms with Gasteiger partial charge < -0.3 is 9.47 Å². The molecule has 1 fully saturated rings. The van der Waals surface area contributed by atoms with E-state index in [9.17, 15) is 4.79 Å². The molecule has 0 saturated carbocycles. The highest BCUT2D eigenvalue weighted by atomic mass is 32.1. The van der Waals surface area contributed by atoms with E-state index in [1.807, 2.05) is 23.1 Å². The number of hydrogen-bond acceptors (Lipinski definition) is 5. The quantitative estimate of drug-likeness (QED) is 0.742. The predicted molar refractivity (Wildman–Crippen MR) is 88.3 cm³/mol. The van der Waals surface area contributed by atoms with Crippen molar-refractivity contribution in [3.8, 4) is 0 Å². The third-order valence-corrected chi connectivity index (χ3v) is 5.04. The summed E-state index contributed by atoms with van der Waals surface area (Å²) in [6.45, 7) is 3.72. The minimum Gasteiger partial charge on any atom is -0.328 e. The zero-order valence-corrected chi connectivity index (χ0v) is 13.7. The van der Waals surface area contributed by atoms with Gasteiger partial charge in [0.2, 0.25) is 0 Å². The number of aromatic nitrogens is 4. The first-order valence-electron chi connectivity index (χ1n) is 7.83. The predicted octanol–water partition coefficient (Wildman–Crippen LogP) is 2.89. The average Bonchev–Trinajstić information content (AvgIpc) is 3.31. The summed E-state index contributed by atoms with van der Waals surface area (Å²) in [5.74, 6) is 0.995. The van der Waals surface area contributed by atoms with Gasteiger partial charge in [-0.3, -0.25) is 4.79 Å². The lowest BCUT2D eigenvalue weighted by atomic mass is 10.2. The molecule has 2 aromatic heterocycles. The lowest BCUT2D eigenvalue weighted by Crippen LogP contribution is -2.31. The van der Waals surface area contributed by atoms with Crippen molar-refractivity contribution in [3.05, 3.63) is 41.2 Å². The number of carbonyl (C=O) groups excluding carboxylic acids is 1. The van der Waals surface area contributed by atoms with Crippen LogP contribution in [0.25, 0.3) is 11.0 Å². The molecule has 7 heteroatoms. The molecule has 1 aliphatic heterocycles. The Labute approximate surface area is 137 Å². The van der Waals surface area contributed by atoms with Crippen LogP contribution < -0.4 is 0 Å². The van der Waals surface area contributed by atoms with Gasteiger partial charge in [0.1, 0.15) is 10.7 Å². The first-order valence-corrected chi connectivity index (χ1v) is 8.60. The molecule has 0 bridgehead atoms. The molecule has 3 heterocycles. The molecule has 0 radical (unpaired) electrons. The van der Waals surface area contributed by atoms with Gasteiger partial charge in [-0.05, 0) is 43.4 Å². The van der Waals surface area contributed by atoms with Gasteiger partial charge in [0.25, 0.3) is 5.91 Å². The summed E-state index contributed by atoms with van der Waals surface area (Å²) in [7, 11) is 0. The Bertz CT molecular complexity index is 841. The van der Waals surface area contributed by atoms with E-state index in [2.05, 4.69) is 27.1 Å². The molecule has 1 saturated heterocycles. The molecule has 1 aliphatic rings. The lowest BCUT2D eigenvalue weighted by Gasteiger charge is -2.24. The molecule has 1 aromatic carbocycles. The first kappa shape index (κ1) is 14.3. The third kappa shape index (κ3) is 2.31.